The monoisotopic (exact) mass is 202 g/mol. The zero-order valence-electron chi connectivity index (χ0n) is 9.20. The van der Waals surface area contributed by atoms with Gasteiger partial charge in [0.2, 0.25) is 0 Å². The molecule has 0 aromatic rings. The van der Waals surface area contributed by atoms with Gasteiger partial charge >= 0.3 is 11.9 Å². The molecule has 0 unspecified atom stereocenters. The molecule has 0 heterocycles. The minimum Gasteiger partial charge on any atom is -0.468 e. The summed E-state index contributed by atoms with van der Waals surface area (Å²) in [5, 5.41) is 0. The fraction of sp³-hybridized carbons (Fsp3) is 0.800. The molecular weight excluding hydrogens is 184 g/mol. The van der Waals surface area contributed by atoms with Gasteiger partial charge in [-0.05, 0) is 12.8 Å². The van der Waals surface area contributed by atoms with Crippen LogP contribution in [0.1, 0.15) is 27.2 Å². The quantitative estimate of drug-likeness (QED) is 0.499. The van der Waals surface area contributed by atoms with Gasteiger partial charge in [-0.2, -0.15) is 0 Å². The van der Waals surface area contributed by atoms with Gasteiger partial charge in [0.15, 0.2) is 5.92 Å². The first kappa shape index (κ1) is 12.9. The SMILES string of the molecule is CCOC(=O)[C@H](C(=O)OC)[C@@H](C)CC. The Morgan fingerprint density at radius 1 is 1.21 bits per heavy atom. The van der Waals surface area contributed by atoms with Crippen molar-refractivity contribution in [1.82, 2.24) is 0 Å². The minimum absolute atomic E-state index is 0.0542. The fourth-order valence-electron chi connectivity index (χ4n) is 1.16. The molecule has 0 aromatic carbocycles. The van der Waals surface area contributed by atoms with Gasteiger partial charge in [0, 0.05) is 0 Å². The van der Waals surface area contributed by atoms with Crippen LogP contribution in [0.25, 0.3) is 0 Å². The Kier molecular flexibility index (Phi) is 5.92. The lowest BCUT2D eigenvalue weighted by molar-refractivity contribution is -0.162. The van der Waals surface area contributed by atoms with Gasteiger partial charge < -0.3 is 9.47 Å². The Balaban J connectivity index is 4.54. The van der Waals surface area contributed by atoms with E-state index in [0.717, 1.165) is 6.42 Å². The lowest BCUT2D eigenvalue weighted by atomic mass is 9.92. The van der Waals surface area contributed by atoms with Crippen molar-refractivity contribution in [1.29, 1.82) is 0 Å². The second-order valence-electron chi connectivity index (χ2n) is 3.14. The molecule has 14 heavy (non-hydrogen) atoms. The summed E-state index contributed by atoms with van der Waals surface area (Å²) < 4.78 is 9.37. The van der Waals surface area contributed by atoms with Crippen LogP contribution in [0.2, 0.25) is 0 Å². The normalized spacial score (nSPS) is 14.3. The van der Waals surface area contributed by atoms with Gasteiger partial charge in [-0.15, -0.1) is 0 Å². The first-order valence-corrected chi connectivity index (χ1v) is 4.82. The second-order valence-corrected chi connectivity index (χ2v) is 3.14. The van der Waals surface area contributed by atoms with Gasteiger partial charge in [0.25, 0.3) is 0 Å². The highest BCUT2D eigenvalue weighted by Gasteiger charge is 2.33. The molecule has 0 aliphatic carbocycles. The predicted molar refractivity (Wildman–Crippen MR) is 51.6 cm³/mol. The third kappa shape index (κ3) is 3.36. The summed E-state index contributed by atoms with van der Waals surface area (Å²) >= 11 is 0. The highest BCUT2D eigenvalue weighted by Crippen LogP contribution is 2.18. The van der Waals surface area contributed by atoms with E-state index in [1.54, 1.807) is 6.92 Å². The van der Waals surface area contributed by atoms with Crippen LogP contribution in [0.3, 0.4) is 0 Å². The summed E-state index contributed by atoms with van der Waals surface area (Å²) in [5.74, 6) is -1.85. The molecule has 0 aliphatic heterocycles. The van der Waals surface area contributed by atoms with Crippen molar-refractivity contribution in [2.75, 3.05) is 13.7 Å². The van der Waals surface area contributed by atoms with E-state index in [4.69, 9.17) is 4.74 Å². The molecule has 0 saturated carbocycles. The third-order valence-corrected chi connectivity index (χ3v) is 2.21. The number of hydrogen-bond acceptors (Lipinski definition) is 4. The van der Waals surface area contributed by atoms with Gasteiger partial charge in [0.1, 0.15) is 0 Å². The number of rotatable bonds is 5. The Morgan fingerprint density at radius 2 is 1.79 bits per heavy atom. The molecular formula is C10H18O4. The van der Waals surface area contributed by atoms with Crippen molar-refractivity contribution in [3.05, 3.63) is 0 Å². The molecule has 2 atom stereocenters. The van der Waals surface area contributed by atoms with Crippen molar-refractivity contribution in [2.45, 2.75) is 27.2 Å². The summed E-state index contributed by atoms with van der Waals surface area (Å²) in [6.45, 7) is 5.74. The molecule has 0 rings (SSSR count). The summed E-state index contributed by atoms with van der Waals surface area (Å²) in [5.41, 5.74) is 0. The van der Waals surface area contributed by atoms with Crippen molar-refractivity contribution in [3.63, 3.8) is 0 Å². The van der Waals surface area contributed by atoms with Crippen LogP contribution >= 0.6 is 0 Å². The lowest BCUT2D eigenvalue weighted by Crippen LogP contribution is -2.32. The fourth-order valence-corrected chi connectivity index (χ4v) is 1.16. The molecule has 0 N–H and O–H groups in total. The molecule has 0 spiro atoms. The van der Waals surface area contributed by atoms with Crippen molar-refractivity contribution >= 4 is 11.9 Å². The van der Waals surface area contributed by atoms with E-state index in [2.05, 4.69) is 4.74 Å². The molecule has 4 nitrogen and oxygen atoms in total. The number of carbonyl (C=O) groups excluding carboxylic acids is 2. The van der Waals surface area contributed by atoms with E-state index < -0.39 is 17.9 Å². The molecule has 0 amide bonds. The highest BCUT2D eigenvalue weighted by molar-refractivity contribution is 5.95. The average molecular weight is 202 g/mol. The van der Waals surface area contributed by atoms with E-state index in [1.165, 1.54) is 7.11 Å². The van der Waals surface area contributed by atoms with E-state index >= 15 is 0 Å². The van der Waals surface area contributed by atoms with E-state index in [0.29, 0.717) is 0 Å². The smallest absolute Gasteiger partial charge is 0.320 e. The van der Waals surface area contributed by atoms with Crippen LogP contribution in [0.5, 0.6) is 0 Å². The van der Waals surface area contributed by atoms with Gasteiger partial charge in [-0.25, -0.2) is 0 Å². The third-order valence-electron chi connectivity index (χ3n) is 2.21. The molecule has 0 bridgehead atoms. The van der Waals surface area contributed by atoms with Gasteiger partial charge in [-0.1, -0.05) is 20.3 Å². The highest BCUT2D eigenvalue weighted by atomic mass is 16.5. The Hall–Kier alpha value is -1.06. The molecule has 82 valence electrons. The van der Waals surface area contributed by atoms with Crippen LogP contribution < -0.4 is 0 Å². The van der Waals surface area contributed by atoms with E-state index in [9.17, 15) is 9.59 Å². The molecule has 0 aromatic heterocycles. The van der Waals surface area contributed by atoms with Crippen LogP contribution in [0.4, 0.5) is 0 Å². The zero-order chi connectivity index (χ0) is 11.1. The summed E-state index contributed by atoms with van der Waals surface area (Å²) in [7, 11) is 1.27. The zero-order valence-corrected chi connectivity index (χ0v) is 9.20. The summed E-state index contributed by atoms with van der Waals surface area (Å²) in [6.07, 6.45) is 0.735. The van der Waals surface area contributed by atoms with Gasteiger partial charge in [0.05, 0.1) is 13.7 Å². The summed E-state index contributed by atoms with van der Waals surface area (Å²) in [6, 6.07) is 0. The largest absolute Gasteiger partial charge is 0.468 e. The average Bonchev–Trinajstić information content (AvgIpc) is 2.17. The Labute approximate surface area is 84.6 Å². The van der Waals surface area contributed by atoms with Crippen molar-refractivity contribution in [2.24, 2.45) is 11.8 Å². The molecule has 0 fully saturated rings. The van der Waals surface area contributed by atoms with Crippen LogP contribution in [0, 0.1) is 11.8 Å². The molecule has 0 saturated heterocycles. The molecule has 0 radical (unpaired) electrons. The topological polar surface area (TPSA) is 52.6 Å². The second kappa shape index (κ2) is 6.40. The standard InChI is InChI=1S/C10H18O4/c1-5-7(3)8(9(11)13-4)10(12)14-6-2/h7-8H,5-6H2,1-4H3/t7-,8-/m0/s1. The van der Waals surface area contributed by atoms with Crippen molar-refractivity contribution < 1.29 is 19.1 Å². The Bertz CT molecular complexity index is 200. The number of methoxy groups -OCH3 is 1. The minimum atomic E-state index is -0.787. The van der Waals surface area contributed by atoms with Crippen LogP contribution in [0.15, 0.2) is 0 Å². The maximum Gasteiger partial charge on any atom is 0.320 e. The van der Waals surface area contributed by atoms with Crippen LogP contribution in [-0.4, -0.2) is 25.7 Å². The molecule has 0 aliphatic rings. The summed E-state index contributed by atoms with van der Waals surface area (Å²) in [4.78, 5) is 22.7. The first-order valence-electron chi connectivity index (χ1n) is 4.82. The van der Waals surface area contributed by atoms with E-state index in [-0.39, 0.29) is 12.5 Å². The number of carbonyl (C=O) groups is 2. The predicted octanol–water partition coefficient (Wildman–Crippen LogP) is 1.38. The van der Waals surface area contributed by atoms with E-state index in [1.807, 2.05) is 13.8 Å². The maximum atomic E-state index is 11.4. The first-order chi connectivity index (χ1) is 6.58. The Morgan fingerprint density at radius 3 is 2.14 bits per heavy atom. The molecule has 4 heteroatoms. The maximum absolute atomic E-state index is 11.4. The number of esters is 2. The van der Waals surface area contributed by atoms with Crippen molar-refractivity contribution in [3.8, 4) is 0 Å². The number of ether oxygens (including phenoxy) is 2. The lowest BCUT2D eigenvalue weighted by Gasteiger charge is -2.18. The van der Waals surface area contributed by atoms with Gasteiger partial charge in [-0.3, -0.25) is 9.59 Å². The van der Waals surface area contributed by atoms with Crippen LogP contribution in [-0.2, 0) is 19.1 Å². The number of hydrogen-bond donors (Lipinski definition) is 0.